The van der Waals surface area contributed by atoms with Crippen LogP contribution in [0.4, 0.5) is 0 Å². The standard InChI is InChI=1S/C13H11Cl2N5O/c14-10-2-1-8(7-4-18-6-19-5-7)12(15)9(10)3-11(21)20-13(16)17/h1-2,4-6H,3H2,(H4,16,17,20,21). The van der Waals surface area contributed by atoms with Gasteiger partial charge in [0.25, 0.3) is 0 Å². The van der Waals surface area contributed by atoms with Gasteiger partial charge in [-0.15, -0.1) is 0 Å². The first-order valence-corrected chi connectivity index (χ1v) is 6.60. The van der Waals surface area contributed by atoms with Gasteiger partial charge in [0.15, 0.2) is 5.96 Å². The zero-order valence-corrected chi connectivity index (χ0v) is 12.2. The molecule has 6 nitrogen and oxygen atoms in total. The van der Waals surface area contributed by atoms with Crippen molar-refractivity contribution in [2.75, 3.05) is 0 Å². The fraction of sp³-hybridized carbons (Fsp3) is 0.0769. The summed E-state index contributed by atoms with van der Waals surface area (Å²) in [5, 5.41) is 9.93. The Morgan fingerprint density at radius 1 is 1.29 bits per heavy atom. The van der Waals surface area contributed by atoms with Crippen molar-refractivity contribution in [2.45, 2.75) is 6.42 Å². The fourth-order valence-corrected chi connectivity index (χ4v) is 2.39. The first-order valence-electron chi connectivity index (χ1n) is 5.85. The highest BCUT2D eigenvalue weighted by molar-refractivity contribution is 6.38. The molecule has 1 aromatic heterocycles. The molecular weight excluding hydrogens is 313 g/mol. The Morgan fingerprint density at radius 2 is 1.95 bits per heavy atom. The van der Waals surface area contributed by atoms with Crippen LogP contribution < -0.4 is 11.1 Å². The molecule has 2 aromatic rings. The summed E-state index contributed by atoms with van der Waals surface area (Å²) in [5.41, 5.74) is 6.96. The lowest BCUT2D eigenvalue weighted by molar-refractivity contribution is -0.119. The molecule has 0 radical (unpaired) electrons. The number of amides is 1. The van der Waals surface area contributed by atoms with Gasteiger partial charge in [-0.1, -0.05) is 29.3 Å². The number of nitrogens with zero attached hydrogens (tertiary/aromatic N) is 2. The monoisotopic (exact) mass is 323 g/mol. The van der Waals surface area contributed by atoms with E-state index in [1.54, 1.807) is 24.5 Å². The van der Waals surface area contributed by atoms with Crippen LogP contribution in [0.2, 0.25) is 10.0 Å². The maximum Gasteiger partial charge on any atom is 0.231 e. The number of nitrogens with two attached hydrogens (primary N) is 1. The average molecular weight is 324 g/mol. The summed E-state index contributed by atoms with van der Waals surface area (Å²) in [6.07, 6.45) is 4.55. The van der Waals surface area contributed by atoms with Gasteiger partial charge in [-0.2, -0.15) is 0 Å². The maximum atomic E-state index is 11.7. The molecule has 108 valence electrons. The Bertz CT molecular complexity index is 690. The molecule has 4 N–H and O–H groups in total. The van der Waals surface area contributed by atoms with E-state index in [1.165, 1.54) is 6.33 Å². The van der Waals surface area contributed by atoms with Crippen molar-refractivity contribution < 1.29 is 4.79 Å². The van der Waals surface area contributed by atoms with Crippen molar-refractivity contribution in [3.8, 4) is 11.1 Å². The average Bonchev–Trinajstić information content (AvgIpc) is 2.43. The number of halogens is 2. The largest absolute Gasteiger partial charge is 0.370 e. The number of carbonyl (C=O) groups is 1. The molecule has 8 heteroatoms. The van der Waals surface area contributed by atoms with E-state index in [-0.39, 0.29) is 6.42 Å². The zero-order chi connectivity index (χ0) is 15.4. The normalized spacial score (nSPS) is 10.2. The quantitative estimate of drug-likeness (QED) is 0.593. The third-order valence-corrected chi connectivity index (χ3v) is 3.45. The van der Waals surface area contributed by atoms with Crippen molar-refractivity contribution >= 4 is 35.1 Å². The van der Waals surface area contributed by atoms with E-state index in [9.17, 15) is 4.79 Å². The molecular formula is C13H11Cl2N5O. The molecule has 2 rings (SSSR count). The number of rotatable bonds is 3. The molecule has 0 unspecified atom stereocenters. The summed E-state index contributed by atoms with van der Waals surface area (Å²) in [7, 11) is 0. The Morgan fingerprint density at radius 3 is 2.57 bits per heavy atom. The fourth-order valence-electron chi connectivity index (χ4n) is 1.78. The number of hydrogen-bond acceptors (Lipinski definition) is 4. The van der Waals surface area contributed by atoms with Crippen molar-refractivity contribution in [3.05, 3.63) is 46.5 Å². The minimum Gasteiger partial charge on any atom is -0.370 e. The lowest BCUT2D eigenvalue weighted by Crippen LogP contribution is -2.36. The van der Waals surface area contributed by atoms with E-state index in [2.05, 4.69) is 15.3 Å². The van der Waals surface area contributed by atoms with Crippen LogP contribution in [0.5, 0.6) is 0 Å². The molecule has 1 heterocycles. The van der Waals surface area contributed by atoms with Crippen molar-refractivity contribution in [1.82, 2.24) is 15.3 Å². The van der Waals surface area contributed by atoms with Gasteiger partial charge in [0, 0.05) is 28.5 Å². The van der Waals surface area contributed by atoms with E-state index in [0.29, 0.717) is 26.7 Å². The highest BCUT2D eigenvalue weighted by atomic mass is 35.5. The molecule has 0 saturated carbocycles. The Hall–Kier alpha value is -2.18. The smallest absolute Gasteiger partial charge is 0.231 e. The van der Waals surface area contributed by atoms with Crippen LogP contribution in [0.15, 0.2) is 30.9 Å². The first kappa shape index (κ1) is 15.2. The van der Waals surface area contributed by atoms with E-state index in [1.807, 2.05) is 0 Å². The number of nitrogens with one attached hydrogen (secondary N) is 2. The third kappa shape index (κ3) is 3.68. The zero-order valence-electron chi connectivity index (χ0n) is 10.7. The third-order valence-electron chi connectivity index (χ3n) is 2.67. The van der Waals surface area contributed by atoms with Gasteiger partial charge in [0.05, 0.1) is 11.4 Å². The molecule has 0 atom stereocenters. The molecule has 21 heavy (non-hydrogen) atoms. The van der Waals surface area contributed by atoms with Gasteiger partial charge in [-0.3, -0.25) is 15.5 Å². The molecule has 1 amide bonds. The number of guanidine groups is 1. The second kappa shape index (κ2) is 6.51. The molecule has 0 aliphatic rings. The topological polar surface area (TPSA) is 105 Å². The highest BCUT2D eigenvalue weighted by Crippen LogP contribution is 2.34. The summed E-state index contributed by atoms with van der Waals surface area (Å²) < 4.78 is 0. The molecule has 0 fully saturated rings. The minimum atomic E-state index is -0.465. The van der Waals surface area contributed by atoms with Crippen LogP contribution in [0.25, 0.3) is 11.1 Å². The predicted molar refractivity (Wildman–Crippen MR) is 81.2 cm³/mol. The number of hydrogen-bond donors (Lipinski definition) is 3. The maximum absolute atomic E-state index is 11.7. The molecule has 0 saturated heterocycles. The van der Waals surface area contributed by atoms with Gasteiger partial charge in [-0.05, 0) is 11.6 Å². The van der Waals surface area contributed by atoms with Crippen LogP contribution in [0.1, 0.15) is 5.56 Å². The van der Waals surface area contributed by atoms with Crippen molar-refractivity contribution in [3.63, 3.8) is 0 Å². The van der Waals surface area contributed by atoms with Crippen LogP contribution in [0, 0.1) is 5.41 Å². The summed E-state index contributed by atoms with van der Waals surface area (Å²) >= 11 is 12.4. The van der Waals surface area contributed by atoms with Crippen molar-refractivity contribution in [2.24, 2.45) is 5.73 Å². The van der Waals surface area contributed by atoms with Gasteiger partial charge < -0.3 is 5.73 Å². The number of benzene rings is 1. The second-order valence-corrected chi connectivity index (χ2v) is 4.94. The molecule has 0 spiro atoms. The summed E-state index contributed by atoms with van der Waals surface area (Å²) in [6.45, 7) is 0. The Labute approximate surface area is 130 Å². The van der Waals surface area contributed by atoms with Gasteiger partial charge in [0.2, 0.25) is 5.91 Å². The minimum absolute atomic E-state index is 0.0845. The van der Waals surface area contributed by atoms with Crippen LogP contribution in [-0.4, -0.2) is 21.8 Å². The van der Waals surface area contributed by atoms with E-state index >= 15 is 0 Å². The number of aromatic nitrogens is 2. The lowest BCUT2D eigenvalue weighted by Gasteiger charge is -2.11. The molecule has 0 aliphatic carbocycles. The van der Waals surface area contributed by atoms with Gasteiger partial charge in [0.1, 0.15) is 6.33 Å². The van der Waals surface area contributed by atoms with Crippen LogP contribution >= 0.6 is 23.2 Å². The van der Waals surface area contributed by atoms with Crippen molar-refractivity contribution in [1.29, 1.82) is 5.41 Å². The second-order valence-electron chi connectivity index (χ2n) is 4.15. The van der Waals surface area contributed by atoms with Gasteiger partial charge >= 0.3 is 0 Å². The Kier molecular flexibility index (Phi) is 4.72. The summed E-state index contributed by atoms with van der Waals surface area (Å²) in [4.78, 5) is 19.6. The van der Waals surface area contributed by atoms with E-state index in [0.717, 1.165) is 0 Å². The van der Waals surface area contributed by atoms with Gasteiger partial charge in [-0.25, -0.2) is 9.97 Å². The van der Waals surface area contributed by atoms with E-state index in [4.69, 9.17) is 34.3 Å². The SMILES string of the molecule is N=C(N)NC(=O)Cc1c(Cl)ccc(-c2cncnc2)c1Cl. The summed E-state index contributed by atoms with van der Waals surface area (Å²) in [6, 6.07) is 3.38. The lowest BCUT2D eigenvalue weighted by atomic mass is 10.0. The van der Waals surface area contributed by atoms with E-state index < -0.39 is 11.9 Å². The molecule has 1 aromatic carbocycles. The Balaban J connectivity index is 2.38. The van der Waals surface area contributed by atoms with Crippen LogP contribution in [0.3, 0.4) is 0 Å². The first-order chi connectivity index (χ1) is 9.99. The number of carbonyl (C=O) groups excluding carboxylic acids is 1. The highest BCUT2D eigenvalue weighted by Gasteiger charge is 2.15. The molecule has 0 aliphatic heterocycles. The summed E-state index contributed by atoms with van der Waals surface area (Å²) in [5.74, 6) is -0.896. The molecule has 0 bridgehead atoms. The van der Waals surface area contributed by atoms with Crippen LogP contribution in [-0.2, 0) is 11.2 Å². The predicted octanol–water partition coefficient (Wildman–Crippen LogP) is 2.00.